The van der Waals surface area contributed by atoms with E-state index in [1.165, 1.54) is 11.3 Å². The smallest absolute Gasteiger partial charge is 0.326 e. The van der Waals surface area contributed by atoms with Gasteiger partial charge in [-0.25, -0.2) is 4.79 Å². The van der Waals surface area contributed by atoms with Crippen LogP contribution in [-0.2, 0) is 0 Å². The van der Waals surface area contributed by atoms with Crippen molar-refractivity contribution in [2.75, 3.05) is 18.4 Å². The first kappa shape index (κ1) is 23.0. The van der Waals surface area contributed by atoms with Gasteiger partial charge in [-0.05, 0) is 55.3 Å². The summed E-state index contributed by atoms with van der Waals surface area (Å²) in [6.07, 6.45) is 1.88. The number of hydrogen-bond donors (Lipinski definition) is 4. The van der Waals surface area contributed by atoms with E-state index in [0.29, 0.717) is 27.7 Å². The Bertz CT molecular complexity index is 1140. The van der Waals surface area contributed by atoms with Crippen molar-refractivity contribution in [1.82, 2.24) is 16.0 Å². The lowest BCUT2D eigenvalue weighted by molar-refractivity contribution is 0.0934. The third-order valence-corrected chi connectivity index (χ3v) is 6.65. The van der Waals surface area contributed by atoms with Crippen LogP contribution < -0.4 is 21.3 Å². The molecule has 1 aliphatic rings. The molecule has 4 N–H and O–H groups in total. The quantitative estimate of drug-likeness (QED) is 0.430. The molecule has 4 amide bonds. The number of hydrogen-bond acceptors (Lipinski definition) is 5. The summed E-state index contributed by atoms with van der Waals surface area (Å²) in [4.78, 5) is 39.1. The third-order valence-electron chi connectivity index (χ3n) is 5.21. The van der Waals surface area contributed by atoms with E-state index in [0.717, 1.165) is 29.8 Å². The van der Waals surface area contributed by atoms with Crippen molar-refractivity contribution < 1.29 is 14.4 Å². The van der Waals surface area contributed by atoms with Gasteiger partial charge in [0.15, 0.2) is 0 Å². The van der Waals surface area contributed by atoms with E-state index in [1.54, 1.807) is 48.5 Å². The lowest BCUT2D eigenvalue weighted by Gasteiger charge is -2.23. The lowest BCUT2D eigenvalue weighted by atomic mass is 10.1. The topological polar surface area (TPSA) is 99.3 Å². The summed E-state index contributed by atoms with van der Waals surface area (Å²) in [6.45, 7) is 1.64. The summed E-state index contributed by atoms with van der Waals surface area (Å²) >= 11 is 7.27. The highest BCUT2D eigenvalue weighted by atomic mass is 35.5. The molecule has 7 nitrogen and oxygen atoms in total. The van der Waals surface area contributed by atoms with E-state index in [9.17, 15) is 14.4 Å². The van der Waals surface area contributed by atoms with Gasteiger partial charge in [-0.1, -0.05) is 41.9 Å². The van der Waals surface area contributed by atoms with E-state index in [2.05, 4.69) is 21.3 Å². The summed E-state index contributed by atoms with van der Waals surface area (Å²) in [7, 11) is 0. The molecule has 0 saturated carbocycles. The molecule has 0 bridgehead atoms. The first-order valence-corrected chi connectivity index (χ1v) is 11.8. The van der Waals surface area contributed by atoms with Gasteiger partial charge in [-0.15, -0.1) is 11.3 Å². The predicted molar refractivity (Wildman–Crippen MR) is 131 cm³/mol. The number of rotatable bonds is 5. The number of halogens is 1. The minimum Gasteiger partial charge on any atom is -0.347 e. The average molecular weight is 483 g/mol. The second-order valence-corrected chi connectivity index (χ2v) is 9.14. The van der Waals surface area contributed by atoms with Crippen LogP contribution in [0.15, 0.2) is 60.7 Å². The van der Waals surface area contributed by atoms with Crippen LogP contribution in [0.2, 0.25) is 5.02 Å². The number of anilines is 1. The van der Waals surface area contributed by atoms with Crippen molar-refractivity contribution in [3.8, 4) is 10.4 Å². The van der Waals surface area contributed by atoms with Crippen LogP contribution >= 0.6 is 22.9 Å². The maximum Gasteiger partial charge on any atom is 0.326 e. The Morgan fingerprint density at radius 1 is 1.00 bits per heavy atom. The number of piperidine rings is 1. The third kappa shape index (κ3) is 5.98. The molecule has 170 valence electrons. The minimum atomic E-state index is -0.710. The summed E-state index contributed by atoms with van der Waals surface area (Å²) in [5.41, 5.74) is 1.57. The number of nitrogens with one attached hydrogen (secondary N) is 4. The van der Waals surface area contributed by atoms with E-state index in [1.807, 2.05) is 12.1 Å². The van der Waals surface area contributed by atoms with Crippen molar-refractivity contribution in [1.29, 1.82) is 0 Å². The number of benzene rings is 2. The second kappa shape index (κ2) is 10.6. The van der Waals surface area contributed by atoms with Crippen LogP contribution in [0.25, 0.3) is 10.4 Å². The maximum absolute atomic E-state index is 13.1. The zero-order chi connectivity index (χ0) is 23.2. The molecule has 1 fully saturated rings. The Balaban J connectivity index is 1.55. The standard InChI is InChI=1S/C24H23ClN4O3S/c25-17-10-8-15(9-11-17)20-13-19(21(33-20)23(31)27-18-7-4-12-26-14-18)28-24(32)29-22(30)16-5-2-1-3-6-16/h1-3,5-6,8-11,13,18,26H,4,7,12,14H2,(H,27,31)(H2,28,29,30,32)/t18-/m0/s1. The highest BCUT2D eigenvalue weighted by Crippen LogP contribution is 2.35. The van der Waals surface area contributed by atoms with Gasteiger partial charge in [0.05, 0.1) is 5.69 Å². The van der Waals surface area contributed by atoms with Crippen molar-refractivity contribution in [2.45, 2.75) is 18.9 Å². The number of carbonyl (C=O) groups excluding carboxylic acids is 3. The van der Waals surface area contributed by atoms with E-state index < -0.39 is 11.9 Å². The molecule has 2 heterocycles. The van der Waals surface area contributed by atoms with Crippen LogP contribution in [0.1, 0.15) is 32.9 Å². The second-order valence-electron chi connectivity index (χ2n) is 7.65. The highest BCUT2D eigenvalue weighted by molar-refractivity contribution is 7.18. The Kier molecular flexibility index (Phi) is 7.39. The number of imide groups is 1. The van der Waals surface area contributed by atoms with Gasteiger partial charge in [0.25, 0.3) is 11.8 Å². The summed E-state index contributed by atoms with van der Waals surface area (Å²) in [5.74, 6) is -0.792. The van der Waals surface area contributed by atoms with Gasteiger partial charge < -0.3 is 16.0 Å². The molecule has 3 aromatic rings. The molecule has 4 rings (SSSR count). The Morgan fingerprint density at radius 3 is 2.45 bits per heavy atom. The monoisotopic (exact) mass is 482 g/mol. The van der Waals surface area contributed by atoms with Crippen molar-refractivity contribution in [3.63, 3.8) is 0 Å². The fourth-order valence-corrected chi connectivity index (χ4v) is 4.70. The fourth-order valence-electron chi connectivity index (χ4n) is 3.55. The maximum atomic E-state index is 13.1. The SMILES string of the molecule is O=C(NC(=O)c1ccccc1)Nc1cc(-c2ccc(Cl)cc2)sc1C(=O)N[C@H]1CCCNC1. The number of urea groups is 1. The van der Waals surface area contributed by atoms with Crippen LogP contribution in [0.3, 0.4) is 0 Å². The molecule has 1 aliphatic heterocycles. The van der Waals surface area contributed by atoms with Crippen LogP contribution in [0.5, 0.6) is 0 Å². The lowest BCUT2D eigenvalue weighted by Crippen LogP contribution is -2.45. The number of amides is 4. The van der Waals surface area contributed by atoms with Gasteiger partial charge in [0.1, 0.15) is 4.88 Å². The summed E-state index contributed by atoms with van der Waals surface area (Å²) in [6, 6.07) is 16.7. The van der Waals surface area contributed by atoms with E-state index >= 15 is 0 Å². The van der Waals surface area contributed by atoms with Crippen molar-refractivity contribution in [3.05, 3.63) is 76.1 Å². The molecule has 0 unspecified atom stereocenters. The molecule has 0 spiro atoms. The largest absolute Gasteiger partial charge is 0.347 e. The number of carbonyl (C=O) groups is 3. The molecular weight excluding hydrogens is 460 g/mol. The van der Waals surface area contributed by atoms with E-state index in [4.69, 9.17) is 11.6 Å². The molecule has 1 aromatic heterocycles. The van der Waals surface area contributed by atoms with Crippen molar-refractivity contribution >= 4 is 46.5 Å². The van der Waals surface area contributed by atoms with Crippen molar-refractivity contribution in [2.24, 2.45) is 0 Å². The van der Waals surface area contributed by atoms with Crippen LogP contribution in [0.4, 0.5) is 10.5 Å². The molecule has 1 atom stereocenters. The van der Waals surface area contributed by atoms with Gasteiger partial charge >= 0.3 is 6.03 Å². The zero-order valence-corrected chi connectivity index (χ0v) is 19.3. The molecule has 33 heavy (non-hydrogen) atoms. The van der Waals surface area contributed by atoms with E-state index in [-0.39, 0.29) is 11.9 Å². The van der Waals surface area contributed by atoms with Gasteiger partial charge in [0, 0.05) is 28.0 Å². The van der Waals surface area contributed by atoms with Gasteiger partial charge in [0.2, 0.25) is 0 Å². The van der Waals surface area contributed by atoms with Crippen LogP contribution in [0, 0.1) is 0 Å². The van der Waals surface area contributed by atoms with Crippen LogP contribution in [-0.4, -0.2) is 37.0 Å². The molecule has 0 aliphatic carbocycles. The first-order chi connectivity index (χ1) is 16.0. The Labute approximate surface area is 200 Å². The minimum absolute atomic E-state index is 0.0219. The highest BCUT2D eigenvalue weighted by Gasteiger charge is 2.23. The molecular formula is C24H23ClN4O3S. The predicted octanol–water partition coefficient (Wildman–Crippen LogP) is 4.51. The molecule has 1 saturated heterocycles. The van der Waals surface area contributed by atoms with Gasteiger partial charge in [-0.2, -0.15) is 0 Å². The Morgan fingerprint density at radius 2 is 1.76 bits per heavy atom. The number of thiophene rings is 1. The molecule has 0 radical (unpaired) electrons. The summed E-state index contributed by atoms with van der Waals surface area (Å²) in [5, 5.41) is 11.9. The zero-order valence-electron chi connectivity index (χ0n) is 17.7. The normalized spacial score (nSPS) is 15.5. The fraction of sp³-hybridized carbons (Fsp3) is 0.208. The average Bonchev–Trinajstić information content (AvgIpc) is 3.24. The van der Waals surface area contributed by atoms with Gasteiger partial charge in [-0.3, -0.25) is 14.9 Å². The molecule has 2 aromatic carbocycles. The Hall–Kier alpha value is -3.20. The first-order valence-electron chi connectivity index (χ1n) is 10.6. The molecule has 9 heteroatoms. The summed E-state index contributed by atoms with van der Waals surface area (Å²) < 4.78 is 0.